The van der Waals surface area contributed by atoms with Crippen LogP contribution in [0.3, 0.4) is 0 Å². The van der Waals surface area contributed by atoms with E-state index in [0.717, 1.165) is 48.3 Å². The number of nitrogens with zero attached hydrogens (tertiary/aromatic N) is 2. The number of hydrogen-bond acceptors (Lipinski definition) is 3. The van der Waals surface area contributed by atoms with Crippen molar-refractivity contribution in [3.63, 3.8) is 0 Å². The second kappa shape index (κ2) is 6.38. The van der Waals surface area contributed by atoms with Gasteiger partial charge in [-0.1, -0.05) is 29.8 Å². The van der Waals surface area contributed by atoms with Crippen LogP contribution < -0.4 is 0 Å². The Bertz CT molecular complexity index is 919. The summed E-state index contributed by atoms with van der Waals surface area (Å²) in [5.74, 6) is 0.476. The molecule has 4 rings (SSSR count). The number of fused-ring (bicyclic) bond motifs is 1. The third-order valence-electron chi connectivity index (χ3n) is 4.21. The largest absolute Gasteiger partial charge is 0.436 e. The molecule has 2 heterocycles. The number of benzene rings is 2. The lowest BCUT2D eigenvalue weighted by atomic mass is 10.1. The number of hydrogen-bond donors (Lipinski definition) is 0. The molecule has 1 aromatic heterocycles. The number of rotatable bonds is 3. The molecule has 0 radical (unpaired) electrons. The molecule has 2 aromatic carbocycles. The lowest BCUT2D eigenvalue weighted by molar-refractivity contribution is 0.292. The normalized spacial score (nSPS) is 15.7. The predicted octanol–water partition coefficient (Wildman–Crippen LogP) is 4.91. The van der Waals surface area contributed by atoms with Crippen molar-refractivity contribution in [2.24, 2.45) is 0 Å². The Morgan fingerprint density at radius 2 is 2.12 bits per heavy atom. The summed E-state index contributed by atoms with van der Waals surface area (Å²) in [5, 5.41) is 0.654. The van der Waals surface area contributed by atoms with Gasteiger partial charge in [-0.3, -0.25) is 4.90 Å². The van der Waals surface area contributed by atoms with E-state index >= 15 is 0 Å². The number of oxazole rings is 1. The SMILES string of the molecule is Fc1cccc(CN2CC=C(c3nc4cc(Cl)ccc4o3)CC2)c1. The molecule has 0 bridgehead atoms. The lowest BCUT2D eigenvalue weighted by Crippen LogP contribution is -2.28. The van der Waals surface area contributed by atoms with Gasteiger partial charge < -0.3 is 4.42 Å². The van der Waals surface area contributed by atoms with Crippen LogP contribution in [0.15, 0.2) is 53.0 Å². The van der Waals surface area contributed by atoms with Crippen LogP contribution in [0.4, 0.5) is 4.39 Å². The van der Waals surface area contributed by atoms with Gasteiger partial charge in [0.05, 0.1) is 0 Å². The maximum Gasteiger partial charge on any atom is 0.222 e. The molecule has 1 aliphatic rings. The predicted molar refractivity (Wildman–Crippen MR) is 93.3 cm³/mol. The highest BCUT2D eigenvalue weighted by molar-refractivity contribution is 6.31. The molecule has 3 aromatic rings. The van der Waals surface area contributed by atoms with Gasteiger partial charge in [-0.2, -0.15) is 0 Å². The van der Waals surface area contributed by atoms with E-state index in [9.17, 15) is 4.39 Å². The molecule has 0 fully saturated rings. The Hall–Kier alpha value is -2.17. The molecule has 122 valence electrons. The van der Waals surface area contributed by atoms with E-state index in [4.69, 9.17) is 16.0 Å². The van der Waals surface area contributed by atoms with E-state index < -0.39 is 0 Å². The minimum Gasteiger partial charge on any atom is -0.436 e. The highest BCUT2D eigenvalue weighted by atomic mass is 35.5. The average molecular weight is 343 g/mol. The van der Waals surface area contributed by atoms with Crippen molar-refractivity contribution in [1.82, 2.24) is 9.88 Å². The van der Waals surface area contributed by atoms with Crippen LogP contribution in [-0.4, -0.2) is 23.0 Å². The Labute approximate surface area is 144 Å². The topological polar surface area (TPSA) is 29.3 Å². The van der Waals surface area contributed by atoms with Crippen molar-refractivity contribution >= 4 is 28.3 Å². The molecule has 0 saturated heterocycles. The quantitative estimate of drug-likeness (QED) is 0.677. The van der Waals surface area contributed by atoms with E-state index in [-0.39, 0.29) is 5.82 Å². The van der Waals surface area contributed by atoms with Crippen molar-refractivity contribution in [2.75, 3.05) is 13.1 Å². The van der Waals surface area contributed by atoms with Gasteiger partial charge in [0.25, 0.3) is 0 Å². The molecule has 0 spiro atoms. The van der Waals surface area contributed by atoms with Crippen LogP contribution in [-0.2, 0) is 6.54 Å². The lowest BCUT2D eigenvalue weighted by Gasteiger charge is -2.25. The zero-order valence-corrected chi connectivity index (χ0v) is 13.8. The van der Waals surface area contributed by atoms with Crippen LogP contribution in [0, 0.1) is 5.82 Å². The van der Waals surface area contributed by atoms with Gasteiger partial charge in [-0.25, -0.2) is 9.37 Å². The molecular formula is C19H16ClFN2O. The van der Waals surface area contributed by atoms with Crippen molar-refractivity contribution in [2.45, 2.75) is 13.0 Å². The van der Waals surface area contributed by atoms with E-state index in [1.807, 2.05) is 18.2 Å². The number of aromatic nitrogens is 1. The molecule has 0 unspecified atom stereocenters. The Balaban J connectivity index is 1.49. The first-order chi connectivity index (χ1) is 11.7. The van der Waals surface area contributed by atoms with Crippen molar-refractivity contribution < 1.29 is 8.81 Å². The first kappa shape index (κ1) is 15.4. The maximum absolute atomic E-state index is 13.3. The molecule has 24 heavy (non-hydrogen) atoms. The molecule has 0 saturated carbocycles. The van der Waals surface area contributed by atoms with Gasteiger partial charge in [0, 0.05) is 30.2 Å². The molecular weight excluding hydrogens is 327 g/mol. The fourth-order valence-corrected chi connectivity index (χ4v) is 3.15. The summed E-state index contributed by atoms with van der Waals surface area (Å²) in [6.07, 6.45) is 2.99. The van der Waals surface area contributed by atoms with E-state index in [1.165, 1.54) is 6.07 Å². The average Bonchev–Trinajstić information content (AvgIpc) is 2.98. The van der Waals surface area contributed by atoms with Crippen molar-refractivity contribution in [3.05, 3.63) is 70.8 Å². The molecule has 1 aliphatic heterocycles. The Morgan fingerprint density at radius 3 is 2.92 bits per heavy atom. The maximum atomic E-state index is 13.3. The van der Waals surface area contributed by atoms with E-state index in [1.54, 1.807) is 18.2 Å². The molecule has 0 atom stereocenters. The fourth-order valence-electron chi connectivity index (χ4n) is 2.98. The first-order valence-corrected chi connectivity index (χ1v) is 8.27. The summed E-state index contributed by atoms with van der Waals surface area (Å²) in [6, 6.07) is 12.2. The summed E-state index contributed by atoms with van der Waals surface area (Å²) in [7, 11) is 0. The zero-order chi connectivity index (χ0) is 16.5. The molecule has 0 N–H and O–H groups in total. The molecule has 5 heteroatoms. The van der Waals surface area contributed by atoms with E-state index in [2.05, 4.69) is 16.0 Å². The minimum atomic E-state index is -0.189. The van der Waals surface area contributed by atoms with Crippen molar-refractivity contribution in [3.8, 4) is 0 Å². The first-order valence-electron chi connectivity index (χ1n) is 7.90. The summed E-state index contributed by atoms with van der Waals surface area (Å²) in [4.78, 5) is 6.81. The minimum absolute atomic E-state index is 0.189. The fraction of sp³-hybridized carbons (Fsp3) is 0.211. The monoisotopic (exact) mass is 342 g/mol. The smallest absolute Gasteiger partial charge is 0.222 e. The van der Waals surface area contributed by atoms with Crippen LogP contribution in [0.1, 0.15) is 17.9 Å². The third kappa shape index (κ3) is 3.21. The van der Waals surface area contributed by atoms with Gasteiger partial charge in [0.1, 0.15) is 11.3 Å². The molecule has 3 nitrogen and oxygen atoms in total. The highest BCUT2D eigenvalue weighted by Crippen LogP contribution is 2.27. The Morgan fingerprint density at radius 1 is 1.21 bits per heavy atom. The standard InChI is InChI=1S/C19H16ClFN2O/c20-15-4-5-18-17(11-15)22-19(24-18)14-6-8-23(9-7-14)12-13-2-1-3-16(21)10-13/h1-6,10-11H,7-9,12H2. The summed E-state index contributed by atoms with van der Waals surface area (Å²) < 4.78 is 19.1. The summed E-state index contributed by atoms with van der Waals surface area (Å²) in [6.45, 7) is 2.43. The van der Waals surface area contributed by atoms with Gasteiger partial charge in [-0.15, -0.1) is 0 Å². The van der Waals surface area contributed by atoms with Gasteiger partial charge in [-0.05, 0) is 42.3 Å². The van der Waals surface area contributed by atoms with Crippen LogP contribution in [0.5, 0.6) is 0 Å². The summed E-state index contributed by atoms with van der Waals surface area (Å²) >= 11 is 5.99. The van der Waals surface area contributed by atoms with Crippen LogP contribution >= 0.6 is 11.6 Å². The van der Waals surface area contributed by atoms with E-state index in [0.29, 0.717) is 10.9 Å². The van der Waals surface area contributed by atoms with Gasteiger partial charge in [0.15, 0.2) is 5.58 Å². The molecule has 0 amide bonds. The second-order valence-electron chi connectivity index (χ2n) is 5.98. The van der Waals surface area contributed by atoms with Crippen LogP contribution in [0.2, 0.25) is 5.02 Å². The van der Waals surface area contributed by atoms with Crippen LogP contribution in [0.25, 0.3) is 16.7 Å². The van der Waals surface area contributed by atoms with Gasteiger partial charge in [0.2, 0.25) is 5.89 Å². The van der Waals surface area contributed by atoms with Crippen molar-refractivity contribution in [1.29, 1.82) is 0 Å². The highest BCUT2D eigenvalue weighted by Gasteiger charge is 2.17. The summed E-state index contributed by atoms with van der Waals surface area (Å²) in [5.41, 5.74) is 3.62. The second-order valence-corrected chi connectivity index (χ2v) is 6.41. The third-order valence-corrected chi connectivity index (χ3v) is 4.45. The van der Waals surface area contributed by atoms with Gasteiger partial charge >= 0.3 is 0 Å². The number of halogens is 2. The molecule has 0 aliphatic carbocycles. The zero-order valence-electron chi connectivity index (χ0n) is 13.0. The Kier molecular flexibility index (Phi) is 4.08.